The molecule has 2 heterocycles. The fourth-order valence-electron chi connectivity index (χ4n) is 2.48. The van der Waals surface area contributed by atoms with Crippen molar-refractivity contribution >= 4 is 68.6 Å². The van der Waals surface area contributed by atoms with Crippen LogP contribution in [0.15, 0.2) is 34.6 Å². The van der Waals surface area contributed by atoms with Crippen LogP contribution < -0.4 is 10.1 Å². The highest BCUT2D eigenvalue weighted by molar-refractivity contribution is 8.26. The lowest BCUT2D eigenvalue weighted by molar-refractivity contribution is -0.136. The Bertz CT molecular complexity index is 1070. The second-order valence-electron chi connectivity index (χ2n) is 5.95. The van der Waals surface area contributed by atoms with Crippen LogP contribution in [0.4, 0.5) is 13.9 Å². The van der Waals surface area contributed by atoms with E-state index in [4.69, 9.17) is 17.3 Å². The first-order valence-electron chi connectivity index (χ1n) is 8.48. The molecule has 0 aliphatic carbocycles. The fraction of sp³-hybridized carbons (Fsp3) is 0.167. The average Bonchev–Trinajstić information content (AvgIpc) is 3.21. The lowest BCUT2D eigenvalue weighted by Gasteiger charge is -2.13. The molecule has 1 aliphatic rings. The molecule has 0 bridgehead atoms. The molecule has 31 heavy (non-hydrogen) atoms. The van der Waals surface area contributed by atoms with Crippen LogP contribution >= 0.6 is 35.3 Å². The molecule has 8 nitrogen and oxygen atoms in total. The standard InChI is InChI=1S/C18H13F2N3O5S3/c19-16(20)28-11-4-2-1-3-9(11)5-12-15(27)23(18(29)31-12)7-13(24)22-17-21-10(8-30-17)6-14(25)26/h1-5,8,16H,6-7H2,(H,25,26)(H,21,22,24)/b12-5-. The average molecular weight is 486 g/mol. The second kappa shape index (κ2) is 9.94. The number of thiazole rings is 1. The Kier molecular flexibility index (Phi) is 7.30. The van der Waals surface area contributed by atoms with E-state index in [0.717, 1.165) is 28.0 Å². The molecule has 0 spiro atoms. The maximum Gasteiger partial charge on any atom is 0.387 e. The lowest BCUT2D eigenvalue weighted by Crippen LogP contribution is -2.36. The van der Waals surface area contributed by atoms with E-state index in [1.807, 2.05) is 0 Å². The SMILES string of the molecule is O=C(O)Cc1csc(NC(=O)CN2C(=O)/C(=C/c3ccccc3OC(F)F)SC2=S)n1. The summed E-state index contributed by atoms with van der Waals surface area (Å²) in [5.41, 5.74) is 0.563. The quantitative estimate of drug-likeness (QED) is 0.434. The maximum atomic E-state index is 12.7. The van der Waals surface area contributed by atoms with E-state index in [1.54, 1.807) is 6.07 Å². The van der Waals surface area contributed by atoms with E-state index in [0.29, 0.717) is 5.69 Å². The Labute approximate surface area is 187 Å². The lowest BCUT2D eigenvalue weighted by atomic mass is 10.2. The van der Waals surface area contributed by atoms with Crippen LogP contribution in [0.25, 0.3) is 6.08 Å². The number of carbonyl (C=O) groups is 3. The molecule has 0 unspecified atom stereocenters. The topological polar surface area (TPSA) is 109 Å². The van der Waals surface area contributed by atoms with Crippen molar-refractivity contribution < 1.29 is 33.0 Å². The number of hydrogen-bond acceptors (Lipinski definition) is 8. The van der Waals surface area contributed by atoms with Gasteiger partial charge in [-0.05, 0) is 12.1 Å². The van der Waals surface area contributed by atoms with Crippen molar-refractivity contribution in [3.8, 4) is 5.75 Å². The monoisotopic (exact) mass is 485 g/mol. The number of nitrogens with one attached hydrogen (secondary N) is 1. The molecular weight excluding hydrogens is 472 g/mol. The normalized spacial score (nSPS) is 15.1. The van der Waals surface area contributed by atoms with Crippen molar-refractivity contribution in [3.05, 3.63) is 45.8 Å². The summed E-state index contributed by atoms with van der Waals surface area (Å²) in [5, 5.41) is 13.0. The predicted molar refractivity (Wildman–Crippen MR) is 115 cm³/mol. The van der Waals surface area contributed by atoms with E-state index >= 15 is 0 Å². The first kappa shape index (κ1) is 22.8. The third kappa shape index (κ3) is 6.06. The van der Waals surface area contributed by atoms with Crippen LogP contribution in [0, 0.1) is 0 Å². The minimum absolute atomic E-state index is 0.0959. The van der Waals surface area contributed by atoms with Crippen molar-refractivity contribution in [3.63, 3.8) is 0 Å². The molecule has 1 aromatic heterocycles. The third-order valence-electron chi connectivity index (χ3n) is 3.73. The van der Waals surface area contributed by atoms with Gasteiger partial charge in [-0.2, -0.15) is 8.78 Å². The van der Waals surface area contributed by atoms with Crippen molar-refractivity contribution in [1.29, 1.82) is 0 Å². The number of hydrogen-bond donors (Lipinski definition) is 2. The Morgan fingerprint density at radius 1 is 1.35 bits per heavy atom. The molecule has 162 valence electrons. The molecule has 1 aromatic carbocycles. The van der Waals surface area contributed by atoms with Crippen LogP contribution in [0.5, 0.6) is 5.75 Å². The van der Waals surface area contributed by atoms with Gasteiger partial charge >= 0.3 is 12.6 Å². The minimum Gasteiger partial charge on any atom is -0.481 e. The number of aromatic nitrogens is 1. The van der Waals surface area contributed by atoms with Gasteiger partial charge in [-0.1, -0.05) is 42.2 Å². The Morgan fingerprint density at radius 3 is 2.81 bits per heavy atom. The molecule has 0 radical (unpaired) electrons. The van der Waals surface area contributed by atoms with Gasteiger partial charge < -0.3 is 15.2 Å². The van der Waals surface area contributed by atoms with Gasteiger partial charge in [0.2, 0.25) is 5.91 Å². The van der Waals surface area contributed by atoms with Crippen LogP contribution in [0.2, 0.25) is 0 Å². The smallest absolute Gasteiger partial charge is 0.387 e. The fourth-order valence-corrected chi connectivity index (χ4v) is 4.46. The van der Waals surface area contributed by atoms with Gasteiger partial charge in [-0.25, -0.2) is 4.98 Å². The second-order valence-corrected chi connectivity index (χ2v) is 8.48. The summed E-state index contributed by atoms with van der Waals surface area (Å²) in [6.07, 6.45) is 1.09. The number of anilines is 1. The van der Waals surface area contributed by atoms with E-state index in [1.165, 1.54) is 29.7 Å². The minimum atomic E-state index is -3.02. The van der Waals surface area contributed by atoms with Gasteiger partial charge in [0.15, 0.2) is 5.13 Å². The number of thioether (sulfide) groups is 1. The number of nitrogens with zero attached hydrogens (tertiary/aromatic N) is 2. The number of rotatable bonds is 8. The zero-order chi connectivity index (χ0) is 22.5. The first-order valence-corrected chi connectivity index (χ1v) is 10.6. The van der Waals surface area contributed by atoms with Crippen LogP contribution in [-0.4, -0.2) is 50.3 Å². The molecule has 2 N–H and O–H groups in total. The number of benzene rings is 1. The summed E-state index contributed by atoms with van der Waals surface area (Å²) in [4.78, 5) is 40.9. The highest BCUT2D eigenvalue weighted by Gasteiger charge is 2.33. The summed E-state index contributed by atoms with van der Waals surface area (Å²) in [6.45, 7) is -3.40. The Hall–Kier alpha value is -2.90. The van der Waals surface area contributed by atoms with Crippen molar-refractivity contribution in [2.24, 2.45) is 0 Å². The predicted octanol–water partition coefficient (Wildman–Crippen LogP) is 3.21. The number of halogens is 2. The summed E-state index contributed by atoms with van der Waals surface area (Å²) in [7, 11) is 0. The molecule has 3 rings (SSSR count). The first-order chi connectivity index (χ1) is 14.7. The van der Waals surface area contributed by atoms with Crippen molar-refractivity contribution in [2.75, 3.05) is 11.9 Å². The van der Waals surface area contributed by atoms with Crippen molar-refractivity contribution in [1.82, 2.24) is 9.88 Å². The number of carboxylic acids is 1. The van der Waals surface area contributed by atoms with Gasteiger partial charge in [-0.15, -0.1) is 11.3 Å². The number of para-hydroxylation sites is 1. The largest absolute Gasteiger partial charge is 0.481 e. The van der Waals surface area contributed by atoms with Gasteiger partial charge in [0.25, 0.3) is 5.91 Å². The number of carbonyl (C=O) groups excluding carboxylic acids is 2. The number of carboxylic acid groups (broad SMARTS) is 1. The number of aliphatic carboxylic acids is 1. The number of amides is 2. The van der Waals surface area contributed by atoms with E-state index < -0.39 is 24.4 Å². The molecular formula is C18H13F2N3O5S3. The third-order valence-corrected chi connectivity index (χ3v) is 5.91. The zero-order valence-electron chi connectivity index (χ0n) is 15.4. The number of alkyl halides is 2. The molecule has 1 aliphatic heterocycles. The van der Waals surface area contributed by atoms with Gasteiger partial charge in [0.1, 0.15) is 16.6 Å². The van der Waals surface area contributed by atoms with E-state index in [9.17, 15) is 23.2 Å². The van der Waals surface area contributed by atoms with Crippen LogP contribution in [0.3, 0.4) is 0 Å². The molecule has 1 fully saturated rings. The zero-order valence-corrected chi connectivity index (χ0v) is 17.9. The van der Waals surface area contributed by atoms with Crippen molar-refractivity contribution in [2.45, 2.75) is 13.0 Å². The summed E-state index contributed by atoms with van der Waals surface area (Å²) >= 11 is 7.15. The Morgan fingerprint density at radius 2 is 2.10 bits per heavy atom. The van der Waals surface area contributed by atoms with Gasteiger partial charge in [0.05, 0.1) is 17.0 Å². The summed E-state index contributed by atoms with van der Waals surface area (Å²) < 4.78 is 29.7. The van der Waals surface area contributed by atoms with Gasteiger partial charge in [0, 0.05) is 10.9 Å². The number of thiocarbonyl (C=S) groups is 1. The highest BCUT2D eigenvalue weighted by Crippen LogP contribution is 2.34. The summed E-state index contributed by atoms with van der Waals surface area (Å²) in [5.74, 6) is -2.27. The molecule has 0 saturated carbocycles. The van der Waals surface area contributed by atoms with Gasteiger partial charge in [-0.3, -0.25) is 19.3 Å². The van der Waals surface area contributed by atoms with Crippen LogP contribution in [0.1, 0.15) is 11.3 Å². The van der Waals surface area contributed by atoms with E-state index in [-0.39, 0.29) is 38.6 Å². The molecule has 2 aromatic rings. The maximum absolute atomic E-state index is 12.7. The molecule has 0 atom stereocenters. The number of ether oxygens (including phenoxy) is 1. The molecule has 2 amide bonds. The Balaban J connectivity index is 1.68. The summed E-state index contributed by atoms with van der Waals surface area (Å²) in [6, 6.07) is 5.98. The molecule has 13 heteroatoms. The molecule has 1 saturated heterocycles. The van der Waals surface area contributed by atoms with Crippen LogP contribution in [-0.2, 0) is 20.8 Å². The highest BCUT2D eigenvalue weighted by atomic mass is 32.2. The van der Waals surface area contributed by atoms with E-state index in [2.05, 4.69) is 15.0 Å².